The lowest BCUT2D eigenvalue weighted by Gasteiger charge is -2.29. The highest BCUT2D eigenvalue weighted by atomic mass is 127. The number of hydrogen-bond donors (Lipinski definition) is 2. The fourth-order valence-corrected chi connectivity index (χ4v) is 3.15. The zero-order valence-corrected chi connectivity index (χ0v) is 20.3. The van der Waals surface area contributed by atoms with Gasteiger partial charge in [0.2, 0.25) is 0 Å². The quantitative estimate of drug-likeness (QED) is 0.303. The number of rotatable bonds is 8. The second kappa shape index (κ2) is 13.3. The first kappa shape index (κ1) is 25.1. The predicted molar refractivity (Wildman–Crippen MR) is 132 cm³/mol. The summed E-state index contributed by atoms with van der Waals surface area (Å²) in [4.78, 5) is 11.5. The van der Waals surface area contributed by atoms with Gasteiger partial charge >= 0.3 is 0 Å². The molecule has 31 heavy (non-hydrogen) atoms. The Hall–Kier alpha value is -2.14. The van der Waals surface area contributed by atoms with Gasteiger partial charge in [0.05, 0.1) is 26.3 Å². The van der Waals surface area contributed by atoms with Crippen molar-refractivity contribution < 1.29 is 13.9 Å². The molecule has 9 heteroatoms. The number of anilines is 1. The van der Waals surface area contributed by atoms with Crippen LogP contribution < -0.4 is 20.3 Å². The highest BCUT2D eigenvalue weighted by molar-refractivity contribution is 14.0. The molecular weight excluding hydrogens is 512 g/mol. The number of morpholine rings is 1. The van der Waals surface area contributed by atoms with E-state index in [0.717, 1.165) is 44.2 Å². The molecule has 2 aromatic rings. The molecule has 1 aliphatic rings. The lowest BCUT2D eigenvalue weighted by molar-refractivity contribution is 0.122. The maximum atomic E-state index is 13.0. The molecule has 0 bridgehead atoms. The van der Waals surface area contributed by atoms with Gasteiger partial charge in [0.25, 0.3) is 0 Å². The minimum Gasteiger partial charge on any atom is -0.489 e. The standard InChI is InChI=1S/C22H30FN5O2.HI/c1-3-24-22(26-15-17(2)30-20-8-6-19(23)7-9-20)27-16-18-5-4-10-25-21(18)28-11-13-29-14-12-28;/h4-10,17H,3,11-16H2,1-2H3,(H2,24,26,27);1H. The summed E-state index contributed by atoms with van der Waals surface area (Å²) in [5.74, 6) is 2.04. The molecule has 2 heterocycles. The summed E-state index contributed by atoms with van der Waals surface area (Å²) >= 11 is 0. The van der Waals surface area contributed by atoms with Crippen LogP contribution in [-0.4, -0.2) is 56.4 Å². The fourth-order valence-electron chi connectivity index (χ4n) is 3.15. The minimum absolute atomic E-state index is 0. The number of nitrogens with zero attached hydrogens (tertiary/aromatic N) is 3. The maximum Gasteiger partial charge on any atom is 0.191 e. The third-order valence-electron chi connectivity index (χ3n) is 4.64. The molecule has 1 aliphatic heterocycles. The molecule has 0 radical (unpaired) electrons. The molecule has 0 amide bonds. The molecule has 2 N–H and O–H groups in total. The van der Waals surface area contributed by atoms with Crippen LogP contribution in [0.4, 0.5) is 10.2 Å². The Morgan fingerprint density at radius 1 is 1.23 bits per heavy atom. The first-order valence-electron chi connectivity index (χ1n) is 10.4. The van der Waals surface area contributed by atoms with Gasteiger partial charge in [-0.1, -0.05) is 6.07 Å². The average molecular weight is 543 g/mol. The molecule has 3 rings (SSSR count). The smallest absolute Gasteiger partial charge is 0.191 e. The Kier molecular flexibility index (Phi) is 10.8. The summed E-state index contributed by atoms with van der Waals surface area (Å²) in [6.07, 6.45) is 1.71. The molecule has 0 saturated carbocycles. The number of aliphatic imine (C=N–C) groups is 1. The molecule has 1 aromatic carbocycles. The molecule has 1 atom stereocenters. The molecular formula is C22H31FIN5O2. The van der Waals surface area contributed by atoms with Gasteiger partial charge < -0.3 is 25.0 Å². The average Bonchev–Trinajstić information content (AvgIpc) is 2.78. The predicted octanol–water partition coefficient (Wildman–Crippen LogP) is 3.20. The van der Waals surface area contributed by atoms with Crippen molar-refractivity contribution in [1.29, 1.82) is 0 Å². The Morgan fingerprint density at radius 3 is 2.68 bits per heavy atom. The van der Waals surface area contributed by atoms with Crippen molar-refractivity contribution in [2.24, 2.45) is 4.99 Å². The maximum absolute atomic E-state index is 13.0. The van der Waals surface area contributed by atoms with E-state index >= 15 is 0 Å². The Labute approximate surface area is 200 Å². The van der Waals surface area contributed by atoms with Gasteiger partial charge in [0.1, 0.15) is 23.5 Å². The Bertz CT molecular complexity index is 816. The van der Waals surface area contributed by atoms with Gasteiger partial charge in [0.15, 0.2) is 5.96 Å². The van der Waals surface area contributed by atoms with Crippen LogP contribution in [0.15, 0.2) is 47.6 Å². The van der Waals surface area contributed by atoms with E-state index in [4.69, 9.17) is 14.5 Å². The van der Waals surface area contributed by atoms with Crippen LogP contribution in [0.3, 0.4) is 0 Å². The second-order valence-corrected chi connectivity index (χ2v) is 7.04. The number of hydrogen-bond acceptors (Lipinski definition) is 5. The molecule has 1 saturated heterocycles. The van der Waals surface area contributed by atoms with Crippen LogP contribution in [0.2, 0.25) is 0 Å². The summed E-state index contributed by atoms with van der Waals surface area (Å²) in [6.45, 7) is 8.92. The van der Waals surface area contributed by atoms with Crippen molar-refractivity contribution in [2.75, 3.05) is 44.3 Å². The van der Waals surface area contributed by atoms with E-state index in [9.17, 15) is 4.39 Å². The number of guanidine groups is 1. The van der Waals surface area contributed by atoms with Gasteiger partial charge in [-0.25, -0.2) is 14.4 Å². The Morgan fingerprint density at radius 2 is 1.97 bits per heavy atom. The summed E-state index contributed by atoms with van der Waals surface area (Å²) < 4.78 is 24.3. The lowest BCUT2D eigenvalue weighted by atomic mass is 10.2. The van der Waals surface area contributed by atoms with Crippen molar-refractivity contribution in [2.45, 2.75) is 26.5 Å². The van der Waals surface area contributed by atoms with Gasteiger partial charge in [0, 0.05) is 31.4 Å². The first-order valence-corrected chi connectivity index (χ1v) is 10.4. The van der Waals surface area contributed by atoms with E-state index < -0.39 is 0 Å². The molecule has 7 nitrogen and oxygen atoms in total. The van der Waals surface area contributed by atoms with Crippen LogP contribution in [-0.2, 0) is 11.3 Å². The highest BCUT2D eigenvalue weighted by Crippen LogP contribution is 2.19. The van der Waals surface area contributed by atoms with E-state index in [0.29, 0.717) is 24.8 Å². The first-order chi connectivity index (χ1) is 14.7. The molecule has 1 aromatic heterocycles. The van der Waals surface area contributed by atoms with Crippen LogP contribution in [0.5, 0.6) is 5.75 Å². The SMILES string of the molecule is CCNC(=NCc1cccnc1N1CCOCC1)NCC(C)Oc1ccc(F)cc1.I. The van der Waals surface area contributed by atoms with Crippen molar-refractivity contribution in [3.63, 3.8) is 0 Å². The highest BCUT2D eigenvalue weighted by Gasteiger charge is 2.15. The molecule has 0 aliphatic carbocycles. The zero-order valence-electron chi connectivity index (χ0n) is 18.0. The Balaban J connectivity index is 0.00000341. The summed E-state index contributed by atoms with van der Waals surface area (Å²) in [5, 5.41) is 6.57. The van der Waals surface area contributed by atoms with E-state index in [1.165, 1.54) is 12.1 Å². The van der Waals surface area contributed by atoms with Crippen molar-refractivity contribution in [3.8, 4) is 5.75 Å². The zero-order chi connectivity index (χ0) is 21.2. The third-order valence-corrected chi connectivity index (χ3v) is 4.64. The van der Waals surface area contributed by atoms with Crippen molar-refractivity contribution in [1.82, 2.24) is 15.6 Å². The number of pyridine rings is 1. The van der Waals surface area contributed by atoms with Crippen LogP contribution in [0.1, 0.15) is 19.4 Å². The second-order valence-electron chi connectivity index (χ2n) is 7.04. The van der Waals surface area contributed by atoms with E-state index in [1.54, 1.807) is 12.1 Å². The number of nitrogens with one attached hydrogen (secondary N) is 2. The summed E-state index contributed by atoms with van der Waals surface area (Å²) in [6, 6.07) is 10.0. The molecule has 0 spiro atoms. The molecule has 170 valence electrons. The van der Waals surface area contributed by atoms with Crippen LogP contribution in [0.25, 0.3) is 0 Å². The van der Waals surface area contributed by atoms with Crippen LogP contribution in [0, 0.1) is 5.82 Å². The normalized spacial score (nSPS) is 15.1. The minimum atomic E-state index is -0.276. The number of benzene rings is 1. The largest absolute Gasteiger partial charge is 0.489 e. The number of halogens is 2. The van der Waals surface area contributed by atoms with Crippen molar-refractivity contribution in [3.05, 3.63) is 54.0 Å². The van der Waals surface area contributed by atoms with Crippen LogP contribution >= 0.6 is 24.0 Å². The number of aromatic nitrogens is 1. The van der Waals surface area contributed by atoms with E-state index in [1.807, 2.05) is 26.1 Å². The van der Waals surface area contributed by atoms with Gasteiger partial charge in [-0.3, -0.25) is 0 Å². The monoisotopic (exact) mass is 543 g/mol. The number of ether oxygens (including phenoxy) is 2. The fraction of sp³-hybridized carbons (Fsp3) is 0.455. The lowest BCUT2D eigenvalue weighted by Crippen LogP contribution is -2.42. The van der Waals surface area contributed by atoms with E-state index in [2.05, 4.69) is 26.6 Å². The third kappa shape index (κ3) is 8.13. The van der Waals surface area contributed by atoms with Crippen molar-refractivity contribution >= 4 is 35.8 Å². The van der Waals surface area contributed by atoms with Gasteiger partial charge in [-0.2, -0.15) is 0 Å². The molecule has 1 unspecified atom stereocenters. The van der Waals surface area contributed by atoms with E-state index in [-0.39, 0.29) is 35.9 Å². The summed E-state index contributed by atoms with van der Waals surface area (Å²) in [7, 11) is 0. The van der Waals surface area contributed by atoms with Gasteiger partial charge in [-0.15, -0.1) is 24.0 Å². The summed E-state index contributed by atoms with van der Waals surface area (Å²) in [5.41, 5.74) is 1.08. The van der Waals surface area contributed by atoms with Gasteiger partial charge in [-0.05, 0) is 44.2 Å². The topological polar surface area (TPSA) is 71.0 Å². The molecule has 1 fully saturated rings.